The fourth-order valence-corrected chi connectivity index (χ4v) is 0. The number of primary amides is 1. The monoisotopic (exact) mass is 67.1 g/mol. The third kappa shape index (κ3) is 3830. The van der Waals surface area contributed by atoms with Crippen molar-refractivity contribution in [1.82, 2.24) is 0 Å². The Morgan fingerprint density at radius 3 is 1.80 bits per heavy atom. The van der Waals surface area contributed by atoms with Gasteiger partial charge in [0.1, 0.15) is 0 Å². The molecule has 0 saturated carbocycles. The SMILES string of the molecule is CC(N)=O.[LiH]. The summed E-state index contributed by atoms with van der Waals surface area (Å²) >= 11 is 0. The average Bonchev–Trinajstić information content (AvgIpc) is 0.811. The molecule has 0 heterocycles. The molecule has 0 atom stereocenters. The van der Waals surface area contributed by atoms with Gasteiger partial charge in [-0.05, 0) is 0 Å². The summed E-state index contributed by atoms with van der Waals surface area (Å²) in [7, 11) is 0. The molecule has 0 aliphatic carbocycles. The molecule has 1 amide bonds. The first-order valence-corrected chi connectivity index (χ1v) is 0.993. The Morgan fingerprint density at radius 1 is 1.80 bits per heavy atom. The van der Waals surface area contributed by atoms with Gasteiger partial charge in [0.05, 0.1) is 0 Å². The molecule has 0 spiro atoms. The Kier molecular flexibility index (Phi) is 7.25. The van der Waals surface area contributed by atoms with Crippen LogP contribution < -0.4 is 5.73 Å². The summed E-state index contributed by atoms with van der Waals surface area (Å²) in [4.78, 5) is 9.22. The van der Waals surface area contributed by atoms with E-state index in [1.165, 1.54) is 6.92 Å². The van der Waals surface area contributed by atoms with E-state index in [0.717, 1.165) is 0 Å². The number of amides is 1. The van der Waals surface area contributed by atoms with Crippen molar-refractivity contribution in [2.24, 2.45) is 5.73 Å². The minimum atomic E-state index is -0.333. The number of rotatable bonds is 0. The Balaban J connectivity index is 0. The zero-order valence-electron chi connectivity index (χ0n) is 2.49. The van der Waals surface area contributed by atoms with Gasteiger partial charge < -0.3 is 5.73 Å². The molecule has 2 N–H and O–H groups in total. The molecule has 0 radical (unpaired) electrons. The molecule has 26 valence electrons. The molecular formula is C2H6LiNO. The predicted octanol–water partition coefficient (Wildman–Crippen LogP) is -1.16. The van der Waals surface area contributed by atoms with Crippen LogP contribution >= 0.6 is 0 Å². The zero-order chi connectivity index (χ0) is 3.58. The summed E-state index contributed by atoms with van der Waals surface area (Å²) in [6.07, 6.45) is 0. The molecule has 5 heavy (non-hydrogen) atoms. The predicted molar refractivity (Wildman–Crippen MR) is 22.0 cm³/mol. The number of hydrogen-bond acceptors (Lipinski definition) is 1. The minimum absolute atomic E-state index is 0. The van der Waals surface area contributed by atoms with Crippen molar-refractivity contribution in [2.75, 3.05) is 0 Å². The van der Waals surface area contributed by atoms with Crippen molar-refractivity contribution in [3.8, 4) is 0 Å². The molecule has 0 saturated heterocycles. The van der Waals surface area contributed by atoms with Gasteiger partial charge in [-0.1, -0.05) is 0 Å². The van der Waals surface area contributed by atoms with Crippen molar-refractivity contribution in [3.63, 3.8) is 0 Å². The van der Waals surface area contributed by atoms with Crippen molar-refractivity contribution in [2.45, 2.75) is 6.92 Å². The average molecular weight is 67.0 g/mol. The molecule has 3 heteroatoms. The molecule has 0 aromatic rings. The first-order chi connectivity index (χ1) is 1.73. The molecule has 0 aliphatic heterocycles. The van der Waals surface area contributed by atoms with Gasteiger partial charge in [0, 0.05) is 6.92 Å². The molecule has 2 nitrogen and oxygen atoms in total. The Morgan fingerprint density at radius 2 is 1.80 bits per heavy atom. The molecule has 0 bridgehead atoms. The second-order valence-corrected chi connectivity index (χ2v) is 0.611. The second kappa shape index (κ2) is 4.07. The fraction of sp³-hybridized carbons (Fsp3) is 0.500. The zero-order valence-corrected chi connectivity index (χ0v) is 2.49. The van der Waals surface area contributed by atoms with Gasteiger partial charge in [-0.2, -0.15) is 0 Å². The van der Waals surface area contributed by atoms with Gasteiger partial charge in [0.25, 0.3) is 0 Å². The Labute approximate surface area is 42.9 Å². The van der Waals surface area contributed by atoms with Crippen LogP contribution in [0.1, 0.15) is 6.92 Å². The summed E-state index contributed by atoms with van der Waals surface area (Å²) in [6, 6.07) is 0. The van der Waals surface area contributed by atoms with E-state index in [1.54, 1.807) is 0 Å². The van der Waals surface area contributed by atoms with E-state index >= 15 is 0 Å². The van der Waals surface area contributed by atoms with Crippen LogP contribution in [0.15, 0.2) is 0 Å². The number of nitrogens with two attached hydrogens (primary N) is 1. The van der Waals surface area contributed by atoms with Crippen molar-refractivity contribution < 1.29 is 4.79 Å². The molecule has 0 unspecified atom stereocenters. The molecule has 0 aromatic carbocycles. The first-order valence-electron chi connectivity index (χ1n) is 0.993. The molecule has 0 fully saturated rings. The Bertz CT molecular complexity index is 32.6. The molecule has 0 aliphatic rings. The quantitative estimate of drug-likeness (QED) is 0.357. The van der Waals surface area contributed by atoms with Gasteiger partial charge >= 0.3 is 18.9 Å². The van der Waals surface area contributed by atoms with Crippen LogP contribution in [0.2, 0.25) is 0 Å². The molecular weight excluding hydrogens is 61.0 g/mol. The van der Waals surface area contributed by atoms with Gasteiger partial charge in [-0.15, -0.1) is 0 Å². The van der Waals surface area contributed by atoms with E-state index in [0.29, 0.717) is 0 Å². The first kappa shape index (κ1) is 8.91. The van der Waals surface area contributed by atoms with Gasteiger partial charge in [0.15, 0.2) is 0 Å². The Hall–Kier alpha value is 0.0674. The van der Waals surface area contributed by atoms with E-state index in [1.807, 2.05) is 0 Å². The number of carbonyl (C=O) groups is 1. The second-order valence-electron chi connectivity index (χ2n) is 0.611. The van der Waals surface area contributed by atoms with Crippen LogP contribution in [0.3, 0.4) is 0 Å². The van der Waals surface area contributed by atoms with Crippen LogP contribution in [0.4, 0.5) is 0 Å². The molecule has 0 aromatic heterocycles. The van der Waals surface area contributed by atoms with Crippen LogP contribution in [-0.4, -0.2) is 24.8 Å². The summed E-state index contributed by atoms with van der Waals surface area (Å²) in [5.41, 5.74) is 4.47. The third-order valence-electron chi connectivity index (χ3n) is 0. The molecule has 0 rings (SSSR count). The van der Waals surface area contributed by atoms with Gasteiger partial charge in [0.2, 0.25) is 5.91 Å². The van der Waals surface area contributed by atoms with Crippen LogP contribution in [0, 0.1) is 0 Å². The van der Waals surface area contributed by atoms with Crippen LogP contribution in [-0.2, 0) is 4.79 Å². The fourth-order valence-electron chi connectivity index (χ4n) is 0. The van der Waals surface area contributed by atoms with E-state index < -0.39 is 0 Å². The third-order valence-corrected chi connectivity index (χ3v) is 0. The normalized spacial score (nSPS) is 5.00. The summed E-state index contributed by atoms with van der Waals surface area (Å²) < 4.78 is 0. The van der Waals surface area contributed by atoms with Crippen LogP contribution in [0.5, 0.6) is 0 Å². The van der Waals surface area contributed by atoms with E-state index in [-0.39, 0.29) is 24.8 Å². The van der Waals surface area contributed by atoms with E-state index in [4.69, 9.17) is 0 Å². The summed E-state index contributed by atoms with van der Waals surface area (Å²) in [5.74, 6) is -0.333. The van der Waals surface area contributed by atoms with E-state index in [2.05, 4.69) is 5.73 Å². The van der Waals surface area contributed by atoms with Crippen molar-refractivity contribution in [1.29, 1.82) is 0 Å². The maximum atomic E-state index is 9.22. The van der Waals surface area contributed by atoms with Crippen LogP contribution in [0.25, 0.3) is 0 Å². The van der Waals surface area contributed by atoms with Gasteiger partial charge in [-0.3, -0.25) is 4.79 Å². The number of carbonyl (C=O) groups excluding carboxylic acids is 1. The summed E-state index contributed by atoms with van der Waals surface area (Å²) in [6.45, 7) is 1.31. The van der Waals surface area contributed by atoms with Gasteiger partial charge in [-0.25, -0.2) is 0 Å². The topological polar surface area (TPSA) is 43.1 Å². The van der Waals surface area contributed by atoms with Crippen molar-refractivity contribution in [3.05, 3.63) is 0 Å². The van der Waals surface area contributed by atoms with Crippen molar-refractivity contribution >= 4 is 24.8 Å². The maximum absolute atomic E-state index is 9.22. The summed E-state index contributed by atoms with van der Waals surface area (Å²) in [5, 5.41) is 0. The standard InChI is InChI=1S/C2H5NO.Li.H/c1-2(3)4;;/h1H3,(H2,3,4);;. The number of hydrogen-bond donors (Lipinski definition) is 1. The van der Waals surface area contributed by atoms with E-state index in [9.17, 15) is 4.79 Å².